The highest BCUT2D eigenvalue weighted by atomic mass is 35.5. The zero-order valence-corrected chi connectivity index (χ0v) is 16.9. The summed E-state index contributed by atoms with van der Waals surface area (Å²) < 4.78 is 0. The minimum absolute atomic E-state index is 0.842. The molecule has 0 aromatic heterocycles. The van der Waals surface area contributed by atoms with Gasteiger partial charge in [-0.15, -0.1) is 0 Å². The molecule has 29 heavy (non-hydrogen) atoms. The Balaban J connectivity index is 1.43. The van der Waals surface area contributed by atoms with E-state index in [1.54, 1.807) is 0 Å². The van der Waals surface area contributed by atoms with E-state index in [9.17, 15) is 0 Å². The van der Waals surface area contributed by atoms with Gasteiger partial charge in [0, 0.05) is 5.02 Å². The van der Waals surface area contributed by atoms with Crippen molar-refractivity contribution in [2.45, 2.75) is 12.8 Å². The summed E-state index contributed by atoms with van der Waals surface area (Å²) in [6, 6.07) is 36.7. The van der Waals surface area contributed by atoms with Crippen LogP contribution in [-0.4, -0.2) is 0 Å². The number of halogens is 1. The number of hydrogen-bond acceptors (Lipinski definition) is 0. The molecule has 1 heteroatoms. The third-order valence-electron chi connectivity index (χ3n) is 5.58. The highest BCUT2D eigenvalue weighted by Gasteiger charge is 2.09. The molecule has 0 saturated carbocycles. The van der Waals surface area contributed by atoms with Gasteiger partial charge in [-0.05, 0) is 56.6 Å². The van der Waals surface area contributed by atoms with Crippen LogP contribution in [0, 0.1) is 0 Å². The van der Waals surface area contributed by atoms with Crippen molar-refractivity contribution in [3.05, 3.63) is 130 Å². The van der Waals surface area contributed by atoms with Crippen molar-refractivity contribution in [2.24, 2.45) is 0 Å². The maximum Gasteiger partial charge on any atom is 0.0476 e. The Labute approximate surface area is 176 Å². The zero-order valence-electron chi connectivity index (χ0n) is 16.1. The molecule has 0 unspecified atom stereocenters. The predicted molar refractivity (Wildman–Crippen MR) is 125 cm³/mol. The van der Waals surface area contributed by atoms with Crippen LogP contribution in [0.1, 0.15) is 22.3 Å². The van der Waals surface area contributed by atoms with E-state index < -0.39 is 0 Å². The lowest BCUT2D eigenvalue weighted by atomic mass is 9.97. The van der Waals surface area contributed by atoms with Gasteiger partial charge in [0.15, 0.2) is 0 Å². The first-order valence-electron chi connectivity index (χ1n) is 9.98. The molecule has 0 nitrogen and oxygen atoms in total. The average molecular weight is 393 g/mol. The van der Waals surface area contributed by atoms with Gasteiger partial charge in [0.05, 0.1) is 0 Å². The topological polar surface area (TPSA) is 0 Å². The second kappa shape index (κ2) is 7.73. The fraction of sp³-hybridized carbons (Fsp3) is 0.0714. The molecule has 0 amide bonds. The standard InChI is InChI=1S/C28H21Cl/c29-28-26(18-20-12-14-22-6-1-3-8-24(22)16-20)10-5-11-27(28)19-21-13-15-23-7-2-4-9-25(23)17-21/h1-17H,18-19H2. The molecule has 5 aromatic rings. The largest absolute Gasteiger partial charge is 0.0837 e. The van der Waals surface area contributed by atoms with Gasteiger partial charge in [0.2, 0.25) is 0 Å². The summed E-state index contributed by atoms with van der Waals surface area (Å²) in [7, 11) is 0. The van der Waals surface area contributed by atoms with Gasteiger partial charge in [-0.2, -0.15) is 0 Å². The Kier molecular flexibility index (Phi) is 4.79. The third kappa shape index (κ3) is 3.77. The second-order valence-electron chi connectivity index (χ2n) is 7.61. The van der Waals surface area contributed by atoms with Crippen LogP contribution in [0.3, 0.4) is 0 Å². The Morgan fingerprint density at radius 3 is 1.38 bits per heavy atom. The molecule has 0 heterocycles. The van der Waals surface area contributed by atoms with Crippen LogP contribution in [0.4, 0.5) is 0 Å². The fourth-order valence-electron chi connectivity index (χ4n) is 4.04. The van der Waals surface area contributed by atoms with E-state index in [-0.39, 0.29) is 0 Å². The summed E-state index contributed by atoms with van der Waals surface area (Å²) in [6.45, 7) is 0. The quantitative estimate of drug-likeness (QED) is 0.292. The maximum absolute atomic E-state index is 6.85. The Hall–Kier alpha value is -3.09. The summed E-state index contributed by atoms with van der Waals surface area (Å²) >= 11 is 6.85. The second-order valence-corrected chi connectivity index (χ2v) is 7.98. The zero-order chi connectivity index (χ0) is 19.6. The van der Waals surface area contributed by atoms with Crippen molar-refractivity contribution in [2.75, 3.05) is 0 Å². The van der Waals surface area contributed by atoms with Crippen molar-refractivity contribution in [1.29, 1.82) is 0 Å². The lowest BCUT2D eigenvalue weighted by Gasteiger charge is -2.11. The van der Waals surface area contributed by atoms with E-state index in [1.165, 1.54) is 43.8 Å². The number of fused-ring (bicyclic) bond motifs is 2. The van der Waals surface area contributed by atoms with Gasteiger partial charge < -0.3 is 0 Å². The highest BCUT2D eigenvalue weighted by molar-refractivity contribution is 6.32. The molecule has 140 valence electrons. The van der Waals surface area contributed by atoms with Gasteiger partial charge in [-0.25, -0.2) is 0 Å². The van der Waals surface area contributed by atoms with E-state index in [0.717, 1.165) is 17.9 Å². The molecule has 0 aliphatic rings. The molecule has 0 aliphatic heterocycles. The molecule has 0 radical (unpaired) electrons. The molecule has 0 bridgehead atoms. The van der Waals surface area contributed by atoms with Crippen molar-refractivity contribution in [3.63, 3.8) is 0 Å². The molecular weight excluding hydrogens is 372 g/mol. The monoisotopic (exact) mass is 392 g/mol. The van der Waals surface area contributed by atoms with Crippen molar-refractivity contribution in [1.82, 2.24) is 0 Å². The summed E-state index contributed by atoms with van der Waals surface area (Å²) in [5.74, 6) is 0. The van der Waals surface area contributed by atoms with E-state index in [1.807, 2.05) is 0 Å². The van der Waals surface area contributed by atoms with Gasteiger partial charge in [0.1, 0.15) is 0 Å². The predicted octanol–water partition coefficient (Wildman–Crippen LogP) is 7.83. The molecule has 0 fully saturated rings. The molecule has 0 aliphatic carbocycles. The van der Waals surface area contributed by atoms with Crippen molar-refractivity contribution >= 4 is 33.1 Å². The van der Waals surface area contributed by atoms with Crippen LogP contribution >= 0.6 is 11.6 Å². The molecule has 0 saturated heterocycles. The molecule has 0 atom stereocenters. The minimum atomic E-state index is 0.842. The highest BCUT2D eigenvalue weighted by Crippen LogP contribution is 2.28. The van der Waals surface area contributed by atoms with Crippen LogP contribution in [-0.2, 0) is 12.8 Å². The number of benzene rings is 5. The SMILES string of the molecule is Clc1c(Cc2ccc3ccccc3c2)cccc1Cc1ccc2ccccc2c1. The van der Waals surface area contributed by atoms with Gasteiger partial charge in [-0.1, -0.05) is 115 Å². The first-order valence-corrected chi connectivity index (χ1v) is 10.4. The van der Waals surface area contributed by atoms with Crippen LogP contribution in [0.2, 0.25) is 5.02 Å². The van der Waals surface area contributed by atoms with Crippen LogP contribution in [0.15, 0.2) is 103 Å². The molecule has 5 rings (SSSR count). The lowest BCUT2D eigenvalue weighted by molar-refractivity contribution is 1.14. The summed E-state index contributed by atoms with van der Waals surface area (Å²) in [5, 5.41) is 5.97. The molecule has 0 spiro atoms. The minimum Gasteiger partial charge on any atom is -0.0837 e. The van der Waals surface area contributed by atoms with Crippen LogP contribution in [0.5, 0.6) is 0 Å². The first-order chi connectivity index (χ1) is 14.3. The van der Waals surface area contributed by atoms with Crippen molar-refractivity contribution < 1.29 is 0 Å². The van der Waals surface area contributed by atoms with E-state index in [2.05, 4.69) is 103 Å². The average Bonchev–Trinajstić information content (AvgIpc) is 2.76. The third-order valence-corrected chi connectivity index (χ3v) is 6.06. The summed E-state index contributed by atoms with van der Waals surface area (Å²) in [4.78, 5) is 0. The van der Waals surface area contributed by atoms with E-state index >= 15 is 0 Å². The molecule has 5 aromatic carbocycles. The van der Waals surface area contributed by atoms with E-state index in [0.29, 0.717) is 0 Å². The first kappa shape index (κ1) is 18.0. The van der Waals surface area contributed by atoms with Crippen LogP contribution in [0.25, 0.3) is 21.5 Å². The Morgan fingerprint density at radius 1 is 0.448 bits per heavy atom. The lowest BCUT2D eigenvalue weighted by Crippen LogP contribution is -1.95. The van der Waals surface area contributed by atoms with Crippen molar-refractivity contribution in [3.8, 4) is 0 Å². The molecule has 0 N–H and O–H groups in total. The van der Waals surface area contributed by atoms with Gasteiger partial charge >= 0.3 is 0 Å². The smallest absolute Gasteiger partial charge is 0.0476 e. The fourth-order valence-corrected chi connectivity index (χ4v) is 4.30. The number of rotatable bonds is 4. The Bertz CT molecular complexity index is 1220. The summed E-state index contributed by atoms with van der Waals surface area (Å²) in [5.41, 5.74) is 4.93. The van der Waals surface area contributed by atoms with E-state index in [4.69, 9.17) is 11.6 Å². The Morgan fingerprint density at radius 2 is 0.897 bits per heavy atom. The van der Waals surface area contributed by atoms with Crippen LogP contribution < -0.4 is 0 Å². The molecular formula is C28H21Cl. The van der Waals surface area contributed by atoms with Gasteiger partial charge in [0.25, 0.3) is 0 Å². The number of hydrogen-bond donors (Lipinski definition) is 0. The normalized spacial score (nSPS) is 11.2. The maximum atomic E-state index is 6.85. The van der Waals surface area contributed by atoms with Gasteiger partial charge in [-0.3, -0.25) is 0 Å². The summed E-state index contributed by atoms with van der Waals surface area (Å²) in [6.07, 6.45) is 1.68.